The van der Waals surface area contributed by atoms with Crippen LogP contribution >= 0.6 is 7.82 Å². The number of quaternary nitrogens is 1. The van der Waals surface area contributed by atoms with Crippen LogP contribution in [0.4, 0.5) is 0 Å². The number of phosphoric acid groups is 1. The molecule has 3 atom stereocenters. The fourth-order valence-electron chi connectivity index (χ4n) is 10.3. The average molecular weight is 1110 g/mol. The van der Waals surface area contributed by atoms with Crippen molar-refractivity contribution in [1.82, 2.24) is 5.32 Å². The summed E-state index contributed by atoms with van der Waals surface area (Å²) in [5.74, 6) is -0.204. The van der Waals surface area contributed by atoms with Gasteiger partial charge in [-0.05, 0) is 44.9 Å². The number of phosphoric ester groups is 1. The highest BCUT2D eigenvalue weighted by molar-refractivity contribution is 7.45. The van der Waals surface area contributed by atoms with Gasteiger partial charge >= 0.3 is 0 Å². The largest absolute Gasteiger partial charge is 0.756 e. The highest BCUT2D eigenvalue weighted by Crippen LogP contribution is 2.38. The summed E-state index contributed by atoms with van der Waals surface area (Å²) >= 11 is 0. The molecule has 0 rings (SSSR count). The second kappa shape index (κ2) is 59.3. The average Bonchev–Trinajstić information content (AvgIpc) is 3.39. The minimum atomic E-state index is -4.61. The molecule has 0 fully saturated rings. The van der Waals surface area contributed by atoms with Gasteiger partial charge in [0.2, 0.25) is 5.91 Å². The molecule has 9 heteroatoms. The van der Waals surface area contributed by atoms with Crippen molar-refractivity contribution in [3.63, 3.8) is 0 Å². The van der Waals surface area contributed by atoms with E-state index in [0.29, 0.717) is 17.4 Å². The van der Waals surface area contributed by atoms with E-state index in [9.17, 15) is 19.4 Å². The number of aliphatic hydroxyl groups is 1. The molecular weight excluding hydrogens is 972 g/mol. The number of allylic oxidation sites excluding steroid dienone is 5. The van der Waals surface area contributed by atoms with E-state index in [2.05, 4.69) is 43.5 Å². The number of unbranched alkanes of at least 4 members (excludes halogenated alkanes) is 46. The van der Waals surface area contributed by atoms with Crippen molar-refractivity contribution in [2.75, 3.05) is 40.9 Å². The molecule has 0 aliphatic carbocycles. The Bertz CT molecular complexity index is 1350. The van der Waals surface area contributed by atoms with Crippen LogP contribution in [0.5, 0.6) is 0 Å². The Morgan fingerprint density at radius 3 is 1.05 bits per heavy atom. The Morgan fingerprint density at radius 1 is 0.442 bits per heavy atom. The molecule has 456 valence electrons. The molecule has 0 bridgehead atoms. The van der Waals surface area contributed by atoms with Gasteiger partial charge in [-0.3, -0.25) is 9.36 Å². The second-order valence-electron chi connectivity index (χ2n) is 24.5. The van der Waals surface area contributed by atoms with Gasteiger partial charge in [0.05, 0.1) is 39.9 Å². The maximum Gasteiger partial charge on any atom is 0.268 e. The maximum absolute atomic E-state index is 13.0. The van der Waals surface area contributed by atoms with Gasteiger partial charge in [0.1, 0.15) is 13.2 Å². The predicted molar refractivity (Wildman–Crippen MR) is 335 cm³/mol. The number of amides is 1. The van der Waals surface area contributed by atoms with Crippen LogP contribution in [0.3, 0.4) is 0 Å². The van der Waals surface area contributed by atoms with Gasteiger partial charge in [0.15, 0.2) is 0 Å². The minimum Gasteiger partial charge on any atom is -0.756 e. The number of likely N-dealkylation sites (N-methyl/N-ethyl adjacent to an activating group) is 1. The van der Waals surface area contributed by atoms with Gasteiger partial charge < -0.3 is 28.8 Å². The third kappa shape index (κ3) is 62.2. The van der Waals surface area contributed by atoms with Gasteiger partial charge in [-0.1, -0.05) is 326 Å². The Balaban J connectivity index is 4.14. The Hall–Kier alpha value is -1.28. The lowest BCUT2D eigenvalue weighted by Crippen LogP contribution is -2.45. The predicted octanol–water partition coefficient (Wildman–Crippen LogP) is 20.6. The highest BCUT2D eigenvalue weighted by Gasteiger charge is 2.23. The van der Waals surface area contributed by atoms with Crippen molar-refractivity contribution >= 4 is 13.7 Å². The third-order valence-electron chi connectivity index (χ3n) is 15.6. The molecule has 0 heterocycles. The number of nitrogens with zero attached hydrogens (tertiary/aromatic N) is 1. The fourth-order valence-corrected chi connectivity index (χ4v) is 11.0. The Morgan fingerprint density at radius 2 is 0.727 bits per heavy atom. The number of nitrogens with one attached hydrogen (secondary N) is 1. The van der Waals surface area contributed by atoms with Crippen molar-refractivity contribution in [1.29, 1.82) is 0 Å². The molecule has 0 saturated carbocycles. The summed E-state index contributed by atoms with van der Waals surface area (Å²) in [7, 11) is 1.25. The van der Waals surface area contributed by atoms with Crippen LogP contribution in [0, 0.1) is 0 Å². The van der Waals surface area contributed by atoms with Crippen molar-refractivity contribution in [3.05, 3.63) is 36.5 Å². The molecule has 0 saturated heterocycles. The van der Waals surface area contributed by atoms with Crippen molar-refractivity contribution in [2.24, 2.45) is 0 Å². The standard InChI is InChI=1S/C68H133N2O6P/c1-6-8-10-12-14-16-18-20-22-24-26-28-30-32-33-34-35-36-38-39-41-43-45-47-49-51-53-55-57-59-61-67(71)66(65-76-77(73,74)75-64-63-70(3,4)5)69-68(72)62-60-58-56-54-52-50-48-46-44-42-40-37-31-29-27-25-23-21-19-17-15-13-11-9-7-2/h43,45,51,53,59,61,66-67,71H,6-42,44,46-50,52,54-58,60,62-65H2,1-5H3,(H-,69,72,73,74)/b45-43+,53-51+,61-59+. The molecule has 8 nitrogen and oxygen atoms in total. The van der Waals surface area contributed by atoms with E-state index in [1.807, 2.05) is 27.2 Å². The number of aliphatic hydroxyl groups excluding tert-OH is 1. The summed E-state index contributed by atoms with van der Waals surface area (Å²) in [6, 6.07) is -0.909. The summed E-state index contributed by atoms with van der Waals surface area (Å²) in [5.41, 5.74) is 0. The topological polar surface area (TPSA) is 108 Å². The van der Waals surface area contributed by atoms with E-state index in [1.54, 1.807) is 6.08 Å². The summed E-state index contributed by atoms with van der Waals surface area (Å²) in [5, 5.41) is 13.9. The summed E-state index contributed by atoms with van der Waals surface area (Å²) in [4.78, 5) is 25.6. The van der Waals surface area contributed by atoms with Crippen LogP contribution in [0.25, 0.3) is 0 Å². The molecule has 0 aromatic rings. The molecule has 0 spiro atoms. The second-order valence-corrected chi connectivity index (χ2v) is 25.9. The quantitative estimate of drug-likeness (QED) is 0.0272. The number of rotatable bonds is 63. The first-order chi connectivity index (χ1) is 37.5. The molecule has 0 aromatic heterocycles. The van der Waals surface area contributed by atoms with E-state index >= 15 is 0 Å². The molecule has 1 amide bonds. The van der Waals surface area contributed by atoms with Crippen LogP contribution in [0.1, 0.15) is 341 Å². The van der Waals surface area contributed by atoms with Crippen LogP contribution in [0.15, 0.2) is 36.5 Å². The minimum absolute atomic E-state index is 0.00712. The SMILES string of the molecule is CCCCCCCCCCCCCCCCCCCCCC/C=C/CC/C=C/CC/C=C/C(O)C(COP(=O)([O-])OCC[N+](C)(C)C)NC(=O)CCCCCCCCCCCCCCCCCCCCCCCCCCC. The van der Waals surface area contributed by atoms with Crippen LogP contribution < -0.4 is 10.2 Å². The first-order valence-corrected chi connectivity index (χ1v) is 35.3. The van der Waals surface area contributed by atoms with Gasteiger partial charge in [-0.25, -0.2) is 0 Å². The van der Waals surface area contributed by atoms with Crippen molar-refractivity contribution in [3.8, 4) is 0 Å². The summed E-state index contributed by atoms with van der Waals surface area (Å²) in [6.45, 7) is 4.68. The summed E-state index contributed by atoms with van der Waals surface area (Å²) in [6.07, 6.45) is 78.4. The Kier molecular flexibility index (Phi) is 58.4. The molecule has 2 N–H and O–H groups in total. The zero-order valence-corrected chi connectivity index (χ0v) is 53.1. The smallest absolute Gasteiger partial charge is 0.268 e. The van der Waals surface area contributed by atoms with Crippen LogP contribution in [-0.2, 0) is 18.4 Å². The molecule has 77 heavy (non-hydrogen) atoms. The lowest BCUT2D eigenvalue weighted by molar-refractivity contribution is -0.870. The highest BCUT2D eigenvalue weighted by atomic mass is 31.2. The number of carbonyl (C=O) groups excluding carboxylic acids is 1. The van der Waals surface area contributed by atoms with Crippen LogP contribution in [-0.4, -0.2) is 68.5 Å². The molecular formula is C68H133N2O6P. The number of carbonyl (C=O) groups is 1. The van der Waals surface area contributed by atoms with Crippen LogP contribution in [0.2, 0.25) is 0 Å². The number of hydrogen-bond donors (Lipinski definition) is 2. The molecule has 3 unspecified atom stereocenters. The van der Waals surface area contributed by atoms with E-state index in [0.717, 1.165) is 44.9 Å². The first kappa shape index (κ1) is 75.7. The monoisotopic (exact) mass is 1100 g/mol. The molecule has 0 aliphatic heterocycles. The van der Waals surface area contributed by atoms with E-state index < -0.39 is 26.6 Å². The fraction of sp³-hybridized carbons (Fsp3) is 0.897. The molecule has 0 aromatic carbocycles. The zero-order chi connectivity index (χ0) is 56.3. The van der Waals surface area contributed by atoms with Gasteiger partial charge in [0, 0.05) is 6.42 Å². The van der Waals surface area contributed by atoms with Gasteiger partial charge in [-0.15, -0.1) is 0 Å². The normalized spacial score (nSPS) is 13.9. The lowest BCUT2D eigenvalue weighted by Gasteiger charge is -2.29. The van der Waals surface area contributed by atoms with E-state index in [4.69, 9.17) is 9.05 Å². The Labute approximate surface area is 480 Å². The van der Waals surface area contributed by atoms with Crippen molar-refractivity contribution < 1.29 is 32.9 Å². The van der Waals surface area contributed by atoms with Gasteiger partial charge in [0.25, 0.3) is 7.82 Å². The lowest BCUT2D eigenvalue weighted by atomic mass is 10.0. The van der Waals surface area contributed by atoms with Crippen molar-refractivity contribution in [2.45, 2.75) is 353 Å². The third-order valence-corrected chi connectivity index (χ3v) is 16.5. The van der Waals surface area contributed by atoms with E-state index in [1.165, 1.54) is 276 Å². The maximum atomic E-state index is 13.0. The summed E-state index contributed by atoms with van der Waals surface area (Å²) < 4.78 is 23.4. The number of hydrogen-bond acceptors (Lipinski definition) is 6. The van der Waals surface area contributed by atoms with E-state index in [-0.39, 0.29) is 12.5 Å². The first-order valence-electron chi connectivity index (χ1n) is 33.9. The molecule has 0 radical (unpaired) electrons. The molecule has 0 aliphatic rings. The van der Waals surface area contributed by atoms with Gasteiger partial charge in [-0.2, -0.15) is 0 Å². The zero-order valence-electron chi connectivity index (χ0n) is 52.2.